The number of anilines is 1. The lowest BCUT2D eigenvalue weighted by Gasteiger charge is -2.26. The maximum Gasteiger partial charge on any atom is 0.337 e. The largest absolute Gasteiger partial charge is 0.497 e. The Balaban J connectivity index is 1.56. The predicted molar refractivity (Wildman–Crippen MR) is 136 cm³/mol. The number of rotatable bonds is 6. The van der Waals surface area contributed by atoms with E-state index in [2.05, 4.69) is 10.3 Å². The molecule has 5 rings (SSSR count). The van der Waals surface area contributed by atoms with Crippen molar-refractivity contribution in [2.24, 2.45) is 0 Å². The summed E-state index contributed by atoms with van der Waals surface area (Å²) in [4.78, 5) is 18.6. The van der Waals surface area contributed by atoms with Gasteiger partial charge in [-0.1, -0.05) is 18.2 Å². The molecule has 7 nitrogen and oxygen atoms in total. The first-order valence-corrected chi connectivity index (χ1v) is 11.4. The molecule has 8 heteroatoms. The van der Waals surface area contributed by atoms with Crippen molar-refractivity contribution in [1.29, 1.82) is 0 Å². The smallest absolute Gasteiger partial charge is 0.337 e. The number of carbonyl (C=O) groups excluding carboxylic acids is 1. The van der Waals surface area contributed by atoms with Crippen LogP contribution in [0.5, 0.6) is 5.75 Å². The number of furan rings is 1. The molecule has 2 atom stereocenters. The third kappa shape index (κ3) is 4.36. The van der Waals surface area contributed by atoms with Crippen LogP contribution < -0.4 is 15.0 Å². The zero-order chi connectivity index (χ0) is 24.4. The summed E-state index contributed by atoms with van der Waals surface area (Å²) in [6, 6.07) is 24.0. The van der Waals surface area contributed by atoms with E-state index in [-0.39, 0.29) is 12.1 Å². The fourth-order valence-electron chi connectivity index (χ4n) is 4.25. The molecule has 0 spiro atoms. The molecule has 1 N–H and O–H groups in total. The molecule has 0 unspecified atom stereocenters. The van der Waals surface area contributed by atoms with Crippen LogP contribution in [-0.2, 0) is 4.74 Å². The van der Waals surface area contributed by atoms with Crippen LogP contribution in [0.25, 0.3) is 11.3 Å². The van der Waals surface area contributed by atoms with E-state index in [1.165, 1.54) is 7.11 Å². The summed E-state index contributed by atoms with van der Waals surface area (Å²) in [6.07, 6.45) is 1.76. The molecule has 35 heavy (non-hydrogen) atoms. The Bertz CT molecular complexity index is 1350. The first-order valence-electron chi connectivity index (χ1n) is 11.0. The summed E-state index contributed by atoms with van der Waals surface area (Å²) in [7, 11) is 3.00. The first kappa shape index (κ1) is 22.6. The van der Waals surface area contributed by atoms with Gasteiger partial charge < -0.3 is 24.1 Å². The molecule has 176 valence electrons. The molecule has 0 aliphatic carbocycles. The summed E-state index contributed by atoms with van der Waals surface area (Å²) in [5.74, 6) is 1.71. The number of nitrogens with zero attached hydrogens (tertiary/aromatic N) is 2. The van der Waals surface area contributed by atoms with Crippen molar-refractivity contribution >= 4 is 29.0 Å². The topological polar surface area (TPSA) is 76.8 Å². The van der Waals surface area contributed by atoms with Crippen molar-refractivity contribution in [3.05, 3.63) is 102 Å². The number of ether oxygens (including phenoxy) is 2. The molecular formula is C27H23N3O4S. The Kier molecular flexibility index (Phi) is 6.20. The van der Waals surface area contributed by atoms with Gasteiger partial charge in [-0.3, -0.25) is 4.98 Å². The van der Waals surface area contributed by atoms with E-state index in [1.54, 1.807) is 31.5 Å². The summed E-state index contributed by atoms with van der Waals surface area (Å²) < 4.78 is 16.5. The number of hydrogen-bond acceptors (Lipinski definition) is 6. The quantitative estimate of drug-likeness (QED) is 0.291. The Morgan fingerprint density at radius 1 is 1.03 bits per heavy atom. The molecule has 4 aromatic rings. The minimum atomic E-state index is -0.398. The molecule has 0 radical (unpaired) electrons. The highest BCUT2D eigenvalue weighted by molar-refractivity contribution is 7.80. The second-order valence-corrected chi connectivity index (χ2v) is 8.36. The van der Waals surface area contributed by atoms with Gasteiger partial charge in [0.1, 0.15) is 23.3 Å². The molecule has 3 heterocycles. The number of benzene rings is 2. The van der Waals surface area contributed by atoms with Crippen molar-refractivity contribution in [3.8, 4) is 17.1 Å². The molecule has 0 saturated carbocycles. The molecule has 1 fully saturated rings. The minimum absolute atomic E-state index is 0.230. The zero-order valence-electron chi connectivity index (χ0n) is 19.2. The maximum atomic E-state index is 12.0. The van der Waals surface area contributed by atoms with E-state index >= 15 is 0 Å². The van der Waals surface area contributed by atoms with Crippen LogP contribution in [-0.4, -0.2) is 30.3 Å². The van der Waals surface area contributed by atoms with Gasteiger partial charge >= 0.3 is 5.97 Å². The number of pyridine rings is 1. The summed E-state index contributed by atoms with van der Waals surface area (Å²) in [5, 5.41) is 3.99. The highest BCUT2D eigenvalue weighted by Crippen LogP contribution is 2.43. The molecule has 0 amide bonds. The summed E-state index contributed by atoms with van der Waals surface area (Å²) in [5.41, 5.74) is 2.98. The van der Waals surface area contributed by atoms with Gasteiger partial charge in [-0.2, -0.15) is 0 Å². The standard InChI is InChI=1S/C27H23N3O4S/c1-32-20-11-9-19(10-12-20)30-25(24(29-27(30)35)21-8-3-4-15-28-21)23-14-13-22(34-23)17-6-5-7-18(16-17)26(31)33-2/h3-16,24-25H,1-2H3,(H,29,35)/t24-,25+/m0/s1. The Labute approximate surface area is 208 Å². The summed E-state index contributed by atoms with van der Waals surface area (Å²) >= 11 is 5.76. The van der Waals surface area contributed by atoms with Gasteiger partial charge in [0.05, 0.1) is 31.5 Å². The summed E-state index contributed by atoms with van der Waals surface area (Å²) in [6.45, 7) is 0. The van der Waals surface area contributed by atoms with E-state index in [9.17, 15) is 4.79 Å². The van der Waals surface area contributed by atoms with Gasteiger partial charge in [-0.05, 0) is 72.9 Å². The van der Waals surface area contributed by atoms with Crippen molar-refractivity contribution in [1.82, 2.24) is 10.3 Å². The Hall–Kier alpha value is -4.17. The zero-order valence-corrected chi connectivity index (χ0v) is 20.0. The third-order valence-electron chi connectivity index (χ3n) is 5.94. The Morgan fingerprint density at radius 3 is 2.57 bits per heavy atom. The van der Waals surface area contributed by atoms with Crippen LogP contribution in [0, 0.1) is 0 Å². The fourth-order valence-corrected chi connectivity index (χ4v) is 4.59. The first-order chi connectivity index (χ1) is 17.1. The third-order valence-corrected chi connectivity index (χ3v) is 6.25. The second kappa shape index (κ2) is 9.60. The number of esters is 1. The molecule has 1 aliphatic rings. The van der Waals surface area contributed by atoms with Crippen LogP contribution in [0.3, 0.4) is 0 Å². The Morgan fingerprint density at radius 2 is 1.86 bits per heavy atom. The van der Waals surface area contributed by atoms with E-state index in [4.69, 9.17) is 26.1 Å². The van der Waals surface area contributed by atoms with Gasteiger partial charge in [-0.25, -0.2) is 4.79 Å². The van der Waals surface area contributed by atoms with Crippen LogP contribution in [0.15, 0.2) is 89.5 Å². The minimum Gasteiger partial charge on any atom is -0.497 e. The van der Waals surface area contributed by atoms with E-state index in [0.717, 1.165) is 22.7 Å². The van der Waals surface area contributed by atoms with Crippen LogP contribution in [0.4, 0.5) is 5.69 Å². The molecule has 0 bridgehead atoms. The lowest BCUT2D eigenvalue weighted by Crippen LogP contribution is -2.29. The predicted octanol–water partition coefficient (Wildman–Crippen LogP) is 5.31. The molecule has 1 aliphatic heterocycles. The normalized spacial score (nSPS) is 17.2. The lowest BCUT2D eigenvalue weighted by atomic mass is 10.0. The number of nitrogens with one attached hydrogen (secondary N) is 1. The van der Waals surface area contributed by atoms with Gasteiger partial charge in [0.2, 0.25) is 0 Å². The van der Waals surface area contributed by atoms with Gasteiger partial charge in [-0.15, -0.1) is 0 Å². The molecule has 2 aromatic carbocycles. The number of carbonyl (C=O) groups is 1. The average Bonchev–Trinajstić information content (AvgIpc) is 3.53. The van der Waals surface area contributed by atoms with Crippen molar-refractivity contribution in [3.63, 3.8) is 0 Å². The fraction of sp³-hybridized carbons (Fsp3) is 0.148. The highest BCUT2D eigenvalue weighted by atomic mass is 32.1. The second-order valence-electron chi connectivity index (χ2n) is 7.97. The number of aromatic nitrogens is 1. The number of methoxy groups -OCH3 is 2. The van der Waals surface area contributed by atoms with Crippen molar-refractivity contribution in [2.75, 3.05) is 19.1 Å². The number of hydrogen-bond donors (Lipinski definition) is 1. The van der Waals surface area contributed by atoms with E-state index < -0.39 is 5.97 Å². The van der Waals surface area contributed by atoms with Gasteiger partial charge in [0, 0.05) is 17.4 Å². The lowest BCUT2D eigenvalue weighted by molar-refractivity contribution is 0.0601. The molecule has 1 saturated heterocycles. The van der Waals surface area contributed by atoms with Crippen molar-refractivity contribution in [2.45, 2.75) is 12.1 Å². The van der Waals surface area contributed by atoms with Crippen molar-refractivity contribution < 1.29 is 18.7 Å². The molecular weight excluding hydrogens is 462 g/mol. The molecule has 2 aromatic heterocycles. The number of thiocarbonyl (C=S) groups is 1. The van der Waals surface area contributed by atoms with Gasteiger partial charge in [0.15, 0.2) is 5.11 Å². The van der Waals surface area contributed by atoms with Gasteiger partial charge in [0.25, 0.3) is 0 Å². The maximum absolute atomic E-state index is 12.0. The monoisotopic (exact) mass is 485 g/mol. The SMILES string of the molecule is COC(=O)c1cccc(-c2ccc([C@@H]3[C@H](c4ccccn4)NC(=S)N3c3ccc(OC)cc3)o2)c1. The highest BCUT2D eigenvalue weighted by Gasteiger charge is 2.42. The van der Waals surface area contributed by atoms with E-state index in [1.807, 2.05) is 65.6 Å². The average molecular weight is 486 g/mol. The van der Waals surface area contributed by atoms with Crippen LogP contribution >= 0.6 is 12.2 Å². The van der Waals surface area contributed by atoms with Crippen LogP contribution in [0.1, 0.15) is 33.9 Å². The van der Waals surface area contributed by atoms with Crippen LogP contribution in [0.2, 0.25) is 0 Å². The van der Waals surface area contributed by atoms with E-state index in [0.29, 0.717) is 22.2 Å².